The first-order valence-corrected chi connectivity index (χ1v) is 9.61. The minimum absolute atomic E-state index is 0. The monoisotopic (exact) mass is 510 g/mol. The van der Waals surface area contributed by atoms with Crippen molar-refractivity contribution in [1.82, 2.24) is 16.0 Å². The van der Waals surface area contributed by atoms with Crippen LogP contribution in [0.2, 0.25) is 0 Å². The number of ether oxygens (including phenoxy) is 1. The zero-order valence-corrected chi connectivity index (χ0v) is 19.9. The molecule has 0 unspecified atom stereocenters. The normalized spacial score (nSPS) is 10.7. The van der Waals surface area contributed by atoms with Gasteiger partial charge in [-0.25, -0.2) is 0 Å². The molecule has 6 nitrogen and oxygen atoms in total. The summed E-state index contributed by atoms with van der Waals surface area (Å²) in [7, 11) is 1.74. The van der Waals surface area contributed by atoms with Crippen LogP contribution in [0.3, 0.4) is 0 Å². The zero-order chi connectivity index (χ0) is 20.4. The van der Waals surface area contributed by atoms with Crippen molar-refractivity contribution >= 4 is 35.8 Å². The quantitative estimate of drug-likeness (QED) is 0.288. The van der Waals surface area contributed by atoms with Crippen LogP contribution in [0, 0.1) is 6.92 Å². The van der Waals surface area contributed by atoms with E-state index < -0.39 is 0 Å². The highest BCUT2D eigenvalue weighted by atomic mass is 127. The molecular formula is C22H31IN4O2. The highest BCUT2D eigenvalue weighted by Crippen LogP contribution is 2.20. The number of hydrogen-bond donors (Lipinski definition) is 3. The predicted molar refractivity (Wildman–Crippen MR) is 129 cm³/mol. The fraction of sp³-hybridized carbons (Fsp3) is 0.364. The van der Waals surface area contributed by atoms with Crippen molar-refractivity contribution in [2.45, 2.75) is 33.9 Å². The summed E-state index contributed by atoms with van der Waals surface area (Å²) in [5, 5.41) is 9.40. The van der Waals surface area contributed by atoms with Gasteiger partial charge in [-0.15, -0.1) is 24.0 Å². The van der Waals surface area contributed by atoms with Crippen LogP contribution in [0.15, 0.2) is 47.5 Å². The third-order valence-electron chi connectivity index (χ3n) is 4.21. The van der Waals surface area contributed by atoms with Crippen LogP contribution < -0.4 is 20.7 Å². The topological polar surface area (TPSA) is 74.8 Å². The zero-order valence-electron chi connectivity index (χ0n) is 17.5. The van der Waals surface area contributed by atoms with Crippen LogP contribution in [0.5, 0.6) is 5.75 Å². The second kappa shape index (κ2) is 13.0. The van der Waals surface area contributed by atoms with Crippen LogP contribution in [-0.2, 0) is 13.1 Å². The molecule has 2 aromatic rings. The second-order valence-corrected chi connectivity index (χ2v) is 6.38. The Morgan fingerprint density at radius 1 is 1.00 bits per heavy atom. The maximum Gasteiger partial charge on any atom is 0.251 e. The van der Waals surface area contributed by atoms with Crippen molar-refractivity contribution in [3.63, 3.8) is 0 Å². The summed E-state index contributed by atoms with van der Waals surface area (Å²) in [4.78, 5) is 16.1. The number of aryl methyl sites for hydroxylation is 1. The van der Waals surface area contributed by atoms with E-state index in [0.717, 1.165) is 16.9 Å². The molecule has 2 aromatic carbocycles. The molecule has 0 aromatic heterocycles. The number of guanidine groups is 1. The van der Waals surface area contributed by atoms with Crippen molar-refractivity contribution in [3.8, 4) is 5.75 Å². The molecule has 0 radical (unpaired) electrons. The number of nitrogens with one attached hydrogen (secondary N) is 3. The van der Waals surface area contributed by atoms with Gasteiger partial charge in [-0.05, 0) is 50.1 Å². The molecule has 0 aliphatic heterocycles. The molecule has 158 valence electrons. The van der Waals surface area contributed by atoms with Gasteiger partial charge in [0.2, 0.25) is 0 Å². The standard InChI is InChI=1S/C22H30N4O2.HI/c1-5-24-21(27)18-11-8-17(9-12-18)14-25-22(23-4)26-15-19-10-7-16(3)13-20(19)28-6-2;/h7-13H,5-6,14-15H2,1-4H3,(H,24,27)(H2,23,25,26);1H. The van der Waals surface area contributed by atoms with Crippen molar-refractivity contribution < 1.29 is 9.53 Å². The van der Waals surface area contributed by atoms with E-state index in [4.69, 9.17) is 4.74 Å². The van der Waals surface area contributed by atoms with Crippen molar-refractivity contribution in [3.05, 3.63) is 64.7 Å². The highest BCUT2D eigenvalue weighted by Gasteiger charge is 2.06. The first-order valence-electron chi connectivity index (χ1n) is 9.61. The van der Waals surface area contributed by atoms with E-state index in [2.05, 4.69) is 40.0 Å². The SMILES string of the molecule is CCNC(=O)c1ccc(CNC(=NC)NCc2ccc(C)cc2OCC)cc1.I. The molecule has 0 aliphatic carbocycles. The number of rotatable bonds is 8. The third kappa shape index (κ3) is 7.92. The van der Waals surface area contributed by atoms with Gasteiger partial charge in [0, 0.05) is 37.8 Å². The van der Waals surface area contributed by atoms with Gasteiger partial charge in [0.1, 0.15) is 5.75 Å². The van der Waals surface area contributed by atoms with E-state index in [-0.39, 0.29) is 29.9 Å². The molecule has 3 N–H and O–H groups in total. The Hall–Kier alpha value is -2.29. The minimum atomic E-state index is -0.0531. The predicted octanol–water partition coefficient (Wildman–Crippen LogP) is 3.63. The molecule has 7 heteroatoms. The van der Waals surface area contributed by atoms with Gasteiger partial charge in [-0.2, -0.15) is 0 Å². The molecule has 29 heavy (non-hydrogen) atoms. The summed E-state index contributed by atoms with van der Waals surface area (Å²) in [5.41, 5.74) is 3.99. The number of hydrogen-bond acceptors (Lipinski definition) is 3. The Morgan fingerprint density at radius 3 is 2.31 bits per heavy atom. The van der Waals surface area contributed by atoms with Crippen molar-refractivity contribution in [2.75, 3.05) is 20.2 Å². The fourth-order valence-corrected chi connectivity index (χ4v) is 2.72. The number of aliphatic imine (C=N–C) groups is 1. The number of nitrogens with zero attached hydrogens (tertiary/aromatic N) is 1. The number of carbonyl (C=O) groups excluding carboxylic acids is 1. The molecule has 0 atom stereocenters. The molecule has 1 amide bonds. The summed E-state index contributed by atoms with van der Waals surface area (Å²) >= 11 is 0. The minimum Gasteiger partial charge on any atom is -0.494 e. The molecule has 0 spiro atoms. The van der Waals surface area contributed by atoms with E-state index in [1.165, 1.54) is 5.56 Å². The van der Waals surface area contributed by atoms with Crippen LogP contribution in [0.4, 0.5) is 0 Å². The second-order valence-electron chi connectivity index (χ2n) is 6.38. The van der Waals surface area contributed by atoms with Gasteiger partial charge >= 0.3 is 0 Å². The van der Waals surface area contributed by atoms with Gasteiger partial charge < -0.3 is 20.7 Å². The fourth-order valence-electron chi connectivity index (χ4n) is 2.72. The summed E-state index contributed by atoms with van der Waals surface area (Å²) in [6, 6.07) is 13.7. The Balaban J connectivity index is 0.00000420. The van der Waals surface area contributed by atoms with Crippen LogP contribution in [0.25, 0.3) is 0 Å². The number of amides is 1. The van der Waals surface area contributed by atoms with E-state index in [9.17, 15) is 4.79 Å². The Bertz CT molecular complexity index is 807. The molecule has 0 bridgehead atoms. The summed E-state index contributed by atoms with van der Waals surface area (Å²) in [6.07, 6.45) is 0. The van der Waals surface area contributed by atoms with Gasteiger partial charge in [0.25, 0.3) is 5.91 Å². The number of benzene rings is 2. The summed E-state index contributed by atoms with van der Waals surface area (Å²) in [6.45, 7) is 8.43. The largest absolute Gasteiger partial charge is 0.494 e. The Morgan fingerprint density at radius 2 is 1.69 bits per heavy atom. The van der Waals surface area contributed by atoms with E-state index >= 15 is 0 Å². The molecule has 0 fully saturated rings. The summed E-state index contributed by atoms with van der Waals surface area (Å²) < 4.78 is 5.73. The number of halogens is 1. The van der Waals surface area contributed by atoms with Gasteiger partial charge in [0.15, 0.2) is 5.96 Å². The van der Waals surface area contributed by atoms with E-state index in [1.54, 1.807) is 7.05 Å². The molecular weight excluding hydrogens is 479 g/mol. The lowest BCUT2D eigenvalue weighted by Crippen LogP contribution is -2.36. The maximum absolute atomic E-state index is 11.8. The van der Waals surface area contributed by atoms with Crippen LogP contribution in [-0.4, -0.2) is 32.1 Å². The van der Waals surface area contributed by atoms with Gasteiger partial charge in [-0.3, -0.25) is 9.79 Å². The lowest BCUT2D eigenvalue weighted by Gasteiger charge is -2.15. The van der Waals surface area contributed by atoms with Crippen LogP contribution >= 0.6 is 24.0 Å². The lowest BCUT2D eigenvalue weighted by molar-refractivity contribution is 0.0956. The van der Waals surface area contributed by atoms with Crippen LogP contribution in [0.1, 0.15) is 40.9 Å². The average molecular weight is 510 g/mol. The van der Waals surface area contributed by atoms with Crippen molar-refractivity contribution in [2.24, 2.45) is 4.99 Å². The van der Waals surface area contributed by atoms with Crippen molar-refractivity contribution in [1.29, 1.82) is 0 Å². The molecule has 2 rings (SSSR count). The highest BCUT2D eigenvalue weighted by molar-refractivity contribution is 14.0. The number of carbonyl (C=O) groups is 1. The Labute approximate surface area is 190 Å². The average Bonchev–Trinajstić information content (AvgIpc) is 2.70. The van der Waals surface area contributed by atoms with E-state index in [1.807, 2.05) is 44.2 Å². The summed E-state index contributed by atoms with van der Waals surface area (Å²) in [5.74, 6) is 1.55. The molecule has 0 saturated carbocycles. The molecule has 0 aliphatic rings. The first-order chi connectivity index (χ1) is 13.6. The lowest BCUT2D eigenvalue weighted by atomic mass is 10.1. The van der Waals surface area contributed by atoms with Gasteiger partial charge in [0.05, 0.1) is 6.61 Å². The molecule has 0 saturated heterocycles. The first kappa shape index (κ1) is 24.7. The smallest absolute Gasteiger partial charge is 0.251 e. The van der Waals surface area contributed by atoms with E-state index in [0.29, 0.717) is 37.8 Å². The Kier molecular flexibility index (Phi) is 11.1. The van der Waals surface area contributed by atoms with Gasteiger partial charge in [-0.1, -0.05) is 24.3 Å². The third-order valence-corrected chi connectivity index (χ3v) is 4.21. The maximum atomic E-state index is 11.8. The molecule has 0 heterocycles.